The SMILES string of the molecule is Cc1cc(-c2ccc(C(F)(F)F)cc2)cc(-c2ccnc(-c3cccc(N)c3)c2)n1. The molecule has 2 aromatic carbocycles. The first-order chi connectivity index (χ1) is 14.3. The summed E-state index contributed by atoms with van der Waals surface area (Å²) >= 11 is 0. The summed E-state index contributed by atoms with van der Waals surface area (Å²) in [4.78, 5) is 9.03. The maximum atomic E-state index is 12.9. The lowest BCUT2D eigenvalue weighted by Crippen LogP contribution is -2.04. The van der Waals surface area contributed by atoms with Crippen molar-refractivity contribution in [2.45, 2.75) is 13.1 Å². The minimum absolute atomic E-state index is 0.651. The first-order valence-corrected chi connectivity index (χ1v) is 9.28. The fourth-order valence-corrected chi connectivity index (χ4v) is 3.28. The van der Waals surface area contributed by atoms with Gasteiger partial charge in [-0.1, -0.05) is 24.3 Å². The van der Waals surface area contributed by atoms with Gasteiger partial charge in [-0.25, -0.2) is 0 Å². The predicted octanol–water partition coefficient (Wildman–Crippen LogP) is 6.39. The summed E-state index contributed by atoms with van der Waals surface area (Å²) in [6.45, 7) is 1.86. The molecule has 6 heteroatoms. The summed E-state index contributed by atoms with van der Waals surface area (Å²) in [6, 6.07) is 20.1. The van der Waals surface area contributed by atoms with Crippen molar-refractivity contribution < 1.29 is 13.2 Å². The van der Waals surface area contributed by atoms with Gasteiger partial charge in [0, 0.05) is 28.7 Å². The highest BCUT2D eigenvalue weighted by molar-refractivity contribution is 5.74. The molecular formula is C24H18F3N3. The molecule has 0 aliphatic rings. The summed E-state index contributed by atoms with van der Waals surface area (Å²) in [7, 11) is 0. The van der Waals surface area contributed by atoms with E-state index in [0.29, 0.717) is 11.3 Å². The minimum atomic E-state index is -4.36. The third kappa shape index (κ3) is 4.17. The molecule has 0 fully saturated rings. The molecule has 0 aliphatic heterocycles. The van der Waals surface area contributed by atoms with Crippen molar-refractivity contribution in [1.29, 1.82) is 0 Å². The number of hydrogen-bond acceptors (Lipinski definition) is 3. The van der Waals surface area contributed by atoms with Gasteiger partial charge >= 0.3 is 6.18 Å². The van der Waals surface area contributed by atoms with Crippen LogP contribution in [0.2, 0.25) is 0 Å². The summed E-state index contributed by atoms with van der Waals surface area (Å²) in [5.41, 5.74) is 11.4. The van der Waals surface area contributed by atoms with Crippen molar-refractivity contribution in [3.8, 4) is 33.6 Å². The Morgan fingerprint density at radius 1 is 0.733 bits per heavy atom. The number of hydrogen-bond donors (Lipinski definition) is 1. The van der Waals surface area contributed by atoms with Crippen LogP contribution in [0.25, 0.3) is 33.6 Å². The number of pyridine rings is 2. The minimum Gasteiger partial charge on any atom is -0.399 e. The van der Waals surface area contributed by atoms with Gasteiger partial charge in [0.2, 0.25) is 0 Å². The Hall–Kier alpha value is -3.67. The molecule has 2 aromatic heterocycles. The number of rotatable bonds is 3. The topological polar surface area (TPSA) is 51.8 Å². The Balaban J connectivity index is 1.73. The fourth-order valence-electron chi connectivity index (χ4n) is 3.28. The molecular weight excluding hydrogens is 387 g/mol. The number of anilines is 1. The zero-order valence-electron chi connectivity index (χ0n) is 16.1. The van der Waals surface area contributed by atoms with E-state index in [0.717, 1.165) is 45.9 Å². The zero-order valence-corrected chi connectivity index (χ0v) is 16.1. The Bertz CT molecular complexity index is 1200. The third-order valence-electron chi connectivity index (χ3n) is 4.74. The van der Waals surface area contributed by atoms with Crippen molar-refractivity contribution in [3.63, 3.8) is 0 Å². The Morgan fingerprint density at radius 2 is 1.43 bits per heavy atom. The highest BCUT2D eigenvalue weighted by atomic mass is 19.4. The largest absolute Gasteiger partial charge is 0.416 e. The van der Waals surface area contributed by atoms with E-state index < -0.39 is 11.7 Å². The van der Waals surface area contributed by atoms with Crippen LogP contribution >= 0.6 is 0 Å². The first kappa shape index (κ1) is 19.6. The predicted molar refractivity (Wildman–Crippen MR) is 112 cm³/mol. The Kier molecular flexibility index (Phi) is 4.99. The van der Waals surface area contributed by atoms with Gasteiger partial charge in [-0.05, 0) is 66.6 Å². The molecule has 2 N–H and O–H groups in total. The molecule has 0 bridgehead atoms. The molecule has 0 radical (unpaired) electrons. The molecule has 3 nitrogen and oxygen atoms in total. The van der Waals surface area contributed by atoms with Gasteiger partial charge in [-0.2, -0.15) is 13.2 Å². The summed E-state index contributed by atoms with van der Waals surface area (Å²) in [5.74, 6) is 0. The monoisotopic (exact) mass is 405 g/mol. The number of alkyl halides is 3. The van der Waals surface area contributed by atoms with Gasteiger partial charge < -0.3 is 5.73 Å². The van der Waals surface area contributed by atoms with Crippen LogP contribution in [-0.2, 0) is 6.18 Å². The van der Waals surface area contributed by atoms with Gasteiger partial charge in [0.15, 0.2) is 0 Å². The molecule has 30 heavy (non-hydrogen) atoms. The summed E-state index contributed by atoms with van der Waals surface area (Å²) in [5, 5.41) is 0. The average Bonchev–Trinajstić information content (AvgIpc) is 2.73. The van der Waals surface area contributed by atoms with Gasteiger partial charge in [0.25, 0.3) is 0 Å². The van der Waals surface area contributed by atoms with E-state index in [1.165, 1.54) is 12.1 Å². The van der Waals surface area contributed by atoms with Crippen LogP contribution in [0.4, 0.5) is 18.9 Å². The standard InChI is InChI=1S/C24H18F3N3/c1-15-11-19(16-5-7-20(8-6-16)24(25,26)27)14-23(30-15)18-9-10-29-22(13-18)17-3-2-4-21(28)12-17/h2-14H,28H2,1H3. The van der Waals surface area contributed by atoms with Gasteiger partial charge in [-0.15, -0.1) is 0 Å². The molecule has 4 aromatic rings. The van der Waals surface area contributed by atoms with E-state index in [-0.39, 0.29) is 0 Å². The number of nitrogens with zero attached hydrogens (tertiary/aromatic N) is 2. The highest BCUT2D eigenvalue weighted by Crippen LogP contribution is 2.32. The van der Waals surface area contributed by atoms with E-state index in [4.69, 9.17) is 5.73 Å². The molecule has 4 rings (SSSR count). The number of benzene rings is 2. The van der Waals surface area contributed by atoms with E-state index in [1.807, 2.05) is 55.5 Å². The number of aromatic nitrogens is 2. The zero-order chi connectivity index (χ0) is 21.3. The summed E-state index contributed by atoms with van der Waals surface area (Å²) < 4.78 is 38.6. The van der Waals surface area contributed by atoms with E-state index in [2.05, 4.69) is 9.97 Å². The van der Waals surface area contributed by atoms with Crippen LogP contribution < -0.4 is 5.73 Å². The molecule has 2 heterocycles. The van der Waals surface area contributed by atoms with Gasteiger partial charge in [0.1, 0.15) is 0 Å². The maximum absolute atomic E-state index is 12.9. The fraction of sp³-hybridized carbons (Fsp3) is 0.0833. The van der Waals surface area contributed by atoms with E-state index in [1.54, 1.807) is 6.20 Å². The van der Waals surface area contributed by atoms with Crippen LogP contribution in [-0.4, -0.2) is 9.97 Å². The van der Waals surface area contributed by atoms with E-state index >= 15 is 0 Å². The van der Waals surface area contributed by atoms with Gasteiger partial charge in [-0.3, -0.25) is 9.97 Å². The second kappa shape index (κ2) is 7.63. The van der Waals surface area contributed by atoms with Crippen LogP contribution in [0.5, 0.6) is 0 Å². The number of nitrogens with two attached hydrogens (primary N) is 1. The molecule has 0 saturated heterocycles. The lowest BCUT2D eigenvalue weighted by Gasteiger charge is -2.11. The van der Waals surface area contributed by atoms with Crippen molar-refractivity contribution in [1.82, 2.24) is 9.97 Å². The highest BCUT2D eigenvalue weighted by Gasteiger charge is 2.30. The van der Waals surface area contributed by atoms with Crippen molar-refractivity contribution in [2.24, 2.45) is 0 Å². The lowest BCUT2D eigenvalue weighted by molar-refractivity contribution is -0.137. The van der Waals surface area contributed by atoms with E-state index in [9.17, 15) is 13.2 Å². The summed E-state index contributed by atoms with van der Waals surface area (Å²) in [6.07, 6.45) is -2.65. The third-order valence-corrected chi connectivity index (χ3v) is 4.74. The van der Waals surface area contributed by atoms with Crippen molar-refractivity contribution in [2.75, 3.05) is 5.73 Å². The van der Waals surface area contributed by atoms with Crippen molar-refractivity contribution >= 4 is 5.69 Å². The van der Waals surface area contributed by atoms with Crippen LogP contribution in [0, 0.1) is 6.92 Å². The van der Waals surface area contributed by atoms with Crippen LogP contribution in [0.1, 0.15) is 11.3 Å². The van der Waals surface area contributed by atoms with Crippen LogP contribution in [0.15, 0.2) is 79.0 Å². The number of halogens is 3. The first-order valence-electron chi connectivity index (χ1n) is 9.28. The number of aryl methyl sites for hydroxylation is 1. The molecule has 0 unspecified atom stereocenters. The quantitative estimate of drug-likeness (QED) is 0.402. The molecule has 0 atom stereocenters. The molecule has 0 spiro atoms. The second-order valence-electron chi connectivity index (χ2n) is 7.01. The maximum Gasteiger partial charge on any atom is 0.416 e. The lowest BCUT2D eigenvalue weighted by atomic mass is 10.0. The average molecular weight is 405 g/mol. The molecule has 0 saturated carbocycles. The van der Waals surface area contributed by atoms with Crippen molar-refractivity contribution in [3.05, 3.63) is 90.3 Å². The number of nitrogen functional groups attached to an aromatic ring is 1. The Morgan fingerprint density at radius 3 is 2.13 bits per heavy atom. The van der Waals surface area contributed by atoms with Crippen LogP contribution in [0.3, 0.4) is 0 Å². The normalized spacial score (nSPS) is 11.5. The molecule has 0 aliphatic carbocycles. The smallest absolute Gasteiger partial charge is 0.399 e. The molecule has 150 valence electrons. The van der Waals surface area contributed by atoms with Gasteiger partial charge in [0.05, 0.1) is 17.0 Å². The molecule has 0 amide bonds. The Labute approximate surface area is 172 Å². The second-order valence-corrected chi connectivity index (χ2v) is 7.01.